The van der Waals surface area contributed by atoms with Gasteiger partial charge in [0.1, 0.15) is 16.4 Å². The lowest BCUT2D eigenvalue weighted by Crippen LogP contribution is -2.11. The molecule has 2 rings (SSSR count). The number of halogens is 2. The van der Waals surface area contributed by atoms with Gasteiger partial charge in [0.25, 0.3) is 0 Å². The highest BCUT2D eigenvalue weighted by atomic mass is 35.5. The van der Waals surface area contributed by atoms with Crippen LogP contribution in [0.4, 0.5) is 0 Å². The second-order valence-electron chi connectivity index (χ2n) is 3.87. The SMILES string of the molecule is CC1CCCc2c(Cl)nc(Cl)c(C#N)c21. The van der Waals surface area contributed by atoms with E-state index < -0.39 is 0 Å². The minimum Gasteiger partial charge on any atom is -0.223 e. The molecule has 0 fully saturated rings. The van der Waals surface area contributed by atoms with E-state index in [2.05, 4.69) is 18.0 Å². The highest BCUT2D eigenvalue weighted by molar-refractivity contribution is 6.33. The molecule has 0 N–H and O–H groups in total. The Bertz CT molecular complexity index is 449. The molecule has 1 aromatic heterocycles. The number of aromatic nitrogens is 1. The third kappa shape index (κ3) is 1.71. The van der Waals surface area contributed by atoms with Crippen LogP contribution in [0.25, 0.3) is 0 Å². The minimum absolute atomic E-state index is 0.231. The molecule has 78 valence electrons. The summed E-state index contributed by atoms with van der Waals surface area (Å²) in [7, 11) is 0. The molecule has 1 heterocycles. The first-order valence-electron chi connectivity index (χ1n) is 4.93. The van der Waals surface area contributed by atoms with Gasteiger partial charge in [0.2, 0.25) is 0 Å². The molecule has 1 unspecified atom stereocenters. The van der Waals surface area contributed by atoms with Gasteiger partial charge < -0.3 is 0 Å². The molecule has 0 aliphatic heterocycles. The largest absolute Gasteiger partial charge is 0.223 e. The Morgan fingerprint density at radius 1 is 1.40 bits per heavy atom. The van der Waals surface area contributed by atoms with Gasteiger partial charge in [-0.15, -0.1) is 0 Å². The second-order valence-corrected chi connectivity index (χ2v) is 4.58. The maximum Gasteiger partial charge on any atom is 0.148 e. The van der Waals surface area contributed by atoms with Crippen molar-refractivity contribution in [3.8, 4) is 6.07 Å². The summed E-state index contributed by atoms with van der Waals surface area (Å²) < 4.78 is 0. The quantitative estimate of drug-likeness (QED) is 0.649. The number of hydrogen-bond acceptors (Lipinski definition) is 2. The van der Waals surface area contributed by atoms with Gasteiger partial charge >= 0.3 is 0 Å². The van der Waals surface area contributed by atoms with Crippen LogP contribution in [0.5, 0.6) is 0 Å². The Labute approximate surface area is 98.8 Å². The number of rotatable bonds is 0. The van der Waals surface area contributed by atoms with Gasteiger partial charge in [0.05, 0.1) is 5.56 Å². The summed E-state index contributed by atoms with van der Waals surface area (Å²) >= 11 is 12.0. The van der Waals surface area contributed by atoms with E-state index in [-0.39, 0.29) is 5.15 Å². The topological polar surface area (TPSA) is 36.7 Å². The predicted octanol–water partition coefficient (Wildman–Crippen LogP) is 3.70. The van der Waals surface area contributed by atoms with E-state index in [9.17, 15) is 0 Å². The van der Waals surface area contributed by atoms with Crippen molar-refractivity contribution < 1.29 is 0 Å². The first-order valence-corrected chi connectivity index (χ1v) is 5.68. The van der Waals surface area contributed by atoms with Gasteiger partial charge in [-0.05, 0) is 36.3 Å². The van der Waals surface area contributed by atoms with Gasteiger partial charge in [-0.25, -0.2) is 4.98 Å². The summed E-state index contributed by atoms with van der Waals surface area (Å²) in [5.74, 6) is 0.349. The smallest absolute Gasteiger partial charge is 0.148 e. The Hall–Kier alpha value is -0.780. The van der Waals surface area contributed by atoms with Crippen molar-refractivity contribution in [3.05, 3.63) is 27.0 Å². The van der Waals surface area contributed by atoms with Gasteiger partial charge in [-0.1, -0.05) is 30.1 Å². The zero-order valence-corrected chi connectivity index (χ0v) is 9.86. The summed E-state index contributed by atoms with van der Waals surface area (Å²) in [4.78, 5) is 4.00. The Balaban J connectivity index is 2.73. The van der Waals surface area contributed by atoms with Crippen LogP contribution in [0.2, 0.25) is 10.3 Å². The van der Waals surface area contributed by atoms with Crippen LogP contribution in [0.3, 0.4) is 0 Å². The third-order valence-electron chi connectivity index (χ3n) is 2.91. The third-order valence-corrected chi connectivity index (χ3v) is 3.50. The summed E-state index contributed by atoms with van der Waals surface area (Å²) in [6.45, 7) is 2.10. The second kappa shape index (κ2) is 4.00. The molecule has 0 amide bonds. The Morgan fingerprint density at radius 2 is 2.13 bits per heavy atom. The summed E-state index contributed by atoms with van der Waals surface area (Å²) in [5.41, 5.74) is 2.52. The number of pyridine rings is 1. The van der Waals surface area contributed by atoms with Crippen LogP contribution < -0.4 is 0 Å². The fourth-order valence-corrected chi connectivity index (χ4v) is 2.75. The van der Waals surface area contributed by atoms with Crippen molar-refractivity contribution in [2.45, 2.75) is 32.1 Å². The van der Waals surface area contributed by atoms with Crippen molar-refractivity contribution in [1.29, 1.82) is 5.26 Å². The lowest BCUT2D eigenvalue weighted by atomic mass is 9.83. The van der Waals surface area contributed by atoms with Crippen LogP contribution in [0.1, 0.15) is 42.4 Å². The molecule has 0 aromatic carbocycles. The molecule has 1 aromatic rings. The number of fused-ring (bicyclic) bond motifs is 1. The lowest BCUT2D eigenvalue weighted by Gasteiger charge is -2.24. The van der Waals surface area contributed by atoms with Crippen LogP contribution >= 0.6 is 23.2 Å². The van der Waals surface area contributed by atoms with Crippen LogP contribution in [-0.2, 0) is 6.42 Å². The first kappa shape index (κ1) is 10.7. The van der Waals surface area contributed by atoms with E-state index in [0.29, 0.717) is 16.6 Å². The number of nitriles is 1. The lowest BCUT2D eigenvalue weighted by molar-refractivity contribution is 0.587. The molecule has 2 nitrogen and oxygen atoms in total. The fourth-order valence-electron chi connectivity index (χ4n) is 2.20. The van der Waals surface area contributed by atoms with E-state index in [4.69, 9.17) is 28.5 Å². The highest BCUT2D eigenvalue weighted by Crippen LogP contribution is 2.38. The van der Waals surface area contributed by atoms with E-state index >= 15 is 0 Å². The van der Waals surface area contributed by atoms with Gasteiger partial charge in [-0.2, -0.15) is 5.26 Å². The average molecular weight is 241 g/mol. The molecule has 0 radical (unpaired) electrons. The van der Waals surface area contributed by atoms with E-state index in [1.807, 2.05) is 0 Å². The molecule has 4 heteroatoms. The van der Waals surface area contributed by atoms with Crippen molar-refractivity contribution >= 4 is 23.2 Å². The average Bonchev–Trinajstić information content (AvgIpc) is 2.20. The summed E-state index contributed by atoms with van der Waals surface area (Å²) in [6.07, 6.45) is 3.08. The van der Waals surface area contributed by atoms with E-state index in [1.54, 1.807) is 0 Å². The zero-order chi connectivity index (χ0) is 11.0. The van der Waals surface area contributed by atoms with Crippen LogP contribution in [0, 0.1) is 11.3 Å². The first-order chi connectivity index (χ1) is 7.15. The van der Waals surface area contributed by atoms with Crippen LogP contribution in [0.15, 0.2) is 0 Å². The van der Waals surface area contributed by atoms with Crippen molar-refractivity contribution in [3.63, 3.8) is 0 Å². The van der Waals surface area contributed by atoms with Crippen LogP contribution in [-0.4, -0.2) is 4.98 Å². The molecule has 0 spiro atoms. The van der Waals surface area contributed by atoms with E-state index in [1.165, 1.54) is 0 Å². The Kier molecular flexibility index (Phi) is 2.86. The fraction of sp³-hybridized carbons (Fsp3) is 0.455. The van der Waals surface area contributed by atoms with Crippen molar-refractivity contribution in [2.75, 3.05) is 0 Å². The predicted molar refractivity (Wildman–Crippen MR) is 60.3 cm³/mol. The standard InChI is InChI=1S/C11H10Cl2N2/c1-6-3-2-4-7-9(6)8(5-14)11(13)15-10(7)12/h6H,2-4H2,1H3. The molecular formula is C11H10Cl2N2. The van der Waals surface area contributed by atoms with Gasteiger partial charge in [-0.3, -0.25) is 0 Å². The molecule has 0 saturated carbocycles. The molecule has 15 heavy (non-hydrogen) atoms. The monoisotopic (exact) mass is 240 g/mol. The van der Waals surface area contributed by atoms with Crippen molar-refractivity contribution in [2.24, 2.45) is 0 Å². The molecule has 1 aliphatic rings. The molecular weight excluding hydrogens is 231 g/mol. The number of hydrogen-bond donors (Lipinski definition) is 0. The zero-order valence-electron chi connectivity index (χ0n) is 8.35. The number of nitrogens with zero attached hydrogens (tertiary/aromatic N) is 2. The summed E-state index contributed by atoms with van der Waals surface area (Å²) in [5, 5.41) is 9.76. The highest BCUT2D eigenvalue weighted by Gasteiger charge is 2.25. The minimum atomic E-state index is 0.231. The maximum absolute atomic E-state index is 9.07. The summed E-state index contributed by atoms with van der Waals surface area (Å²) in [6, 6.07) is 2.13. The molecule has 0 bridgehead atoms. The molecule has 0 saturated heterocycles. The molecule has 1 aliphatic carbocycles. The Morgan fingerprint density at radius 3 is 2.80 bits per heavy atom. The van der Waals surface area contributed by atoms with Gasteiger partial charge in [0.15, 0.2) is 0 Å². The van der Waals surface area contributed by atoms with Gasteiger partial charge in [0, 0.05) is 0 Å². The van der Waals surface area contributed by atoms with E-state index in [0.717, 1.165) is 30.4 Å². The molecule has 1 atom stereocenters. The normalized spacial score (nSPS) is 19.5. The maximum atomic E-state index is 9.07. The van der Waals surface area contributed by atoms with Crippen molar-refractivity contribution in [1.82, 2.24) is 4.98 Å².